The molecular weight excluding hydrogens is 207 g/mol. The number of aromatic nitrogens is 2. The fourth-order valence-electron chi connectivity index (χ4n) is 1.000. The van der Waals surface area contributed by atoms with Crippen LogP contribution in [0.2, 0.25) is 0 Å². The molecule has 0 aromatic carbocycles. The zero-order valence-corrected chi connectivity index (χ0v) is 8.86. The predicted molar refractivity (Wildman–Crippen MR) is 53.4 cm³/mol. The van der Waals surface area contributed by atoms with Crippen LogP contribution in [0.3, 0.4) is 0 Å². The molecule has 72 valence electrons. The average Bonchev–Trinajstić information content (AvgIpc) is 2.68. The number of carbonyl (C=O) groups is 1. The zero-order valence-electron chi connectivity index (χ0n) is 9.04. The third-order valence-corrected chi connectivity index (χ3v) is 2.61. The zero-order chi connectivity index (χ0) is 9.97. The second-order valence-corrected chi connectivity index (χ2v) is 3.58. The SMILES string of the molecule is O=C(O)c1ncc(-c2ccccn2)s1.[H-].[Li+]. The number of rotatable bonds is 2. The summed E-state index contributed by atoms with van der Waals surface area (Å²) < 4.78 is 0. The van der Waals surface area contributed by atoms with Crippen molar-refractivity contribution in [2.24, 2.45) is 0 Å². The molecule has 0 radical (unpaired) electrons. The van der Waals surface area contributed by atoms with Crippen LogP contribution in [0.5, 0.6) is 0 Å². The van der Waals surface area contributed by atoms with Gasteiger partial charge in [-0.1, -0.05) is 6.07 Å². The fraction of sp³-hybridized carbons (Fsp3) is 0. The molecule has 2 aromatic heterocycles. The molecule has 4 nitrogen and oxygen atoms in total. The molecule has 0 aliphatic heterocycles. The van der Waals surface area contributed by atoms with E-state index in [1.165, 1.54) is 6.20 Å². The van der Waals surface area contributed by atoms with Crippen LogP contribution in [0.15, 0.2) is 30.6 Å². The van der Waals surface area contributed by atoms with Gasteiger partial charge in [0.15, 0.2) is 0 Å². The molecule has 0 fully saturated rings. The van der Waals surface area contributed by atoms with E-state index in [9.17, 15) is 4.79 Å². The fourth-order valence-corrected chi connectivity index (χ4v) is 1.73. The summed E-state index contributed by atoms with van der Waals surface area (Å²) in [6.45, 7) is 0. The summed E-state index contributed by atoms with van der Waals surface area (Å²) in [5.74, 6) is -1.00. The summed E-state index contributed by atoms with van der Waals surface area (Å²) in [5, 5.41) is 8.76. The summed E-state index contributed by atoms with van der Waals surface area (Å²) in [6, 6.07) is 5.48. The molecule has 2 rings (SSSR count). The Morgan fingerprint density at radius 3 is 2.73 bits per heavy atom. The molecule has 0 aliphatic rings. The first-order valence-electron chi connectivity index (χ1n) is 3.88. The molecule has 0 aliphatic carbocycles. The third-order valence-electron chi connectivity index (χ3n) is 1.61. The Balaban J connectivity index is 0.00000112. The summed E-state index contributed by atoms with van der Waals surface area (Å²) in [4.78, 5) is 19.2. The van der Waals surface area contributed by atoms with E-state index in [0.29, 0.717) is 0 Å². The summed E-state index contributed by atoms with van der Waals surface area (Å²) in [7, 11) is 0. The van der Waals surface area contributed by atoms with Crippen LogP contribution in [-0.2, 0) is 0 Å². The number of carboxylic acids is 1. The average molecular weight is 214 g/mol. The van der Waals surface area contributed by atoms with E-state index >= 15 is 0 Å². The number of carboxylic acid groups (broad SMARTS) is 1. The Morgan fingerprint density at radius 1 is 1.40 bits per heavy atom. The Labute approximate surface area is 104 Å². The Bertz CT molecular complexity index is 464. The van der Waals surface area contributed by atoms with Gasteiger partial charge in [-0.2, -0.15) is 0 Å². The molecule has 1 N–H and O–H groups in total. The Morgan fingerprint density at radius 2 is 2.20 bits per heavy atom. The third kappa shape index (κ3) is 2.66. The van der Waals surface area contributed by atoms with Gasteiger partial charge in [-0.3, -0.25) is 4.98 Å². The van der Waals surface area contributed by atoms with E-state index in [-0.39, 0.29) is 25.3 Å². The quantitative estimate of drug-likeness (QED) is 0.653. The molecule has 0 saturated carbocycles. The smallest absolute Gasteiger partial charge is 1.00 e. The van der Waals surface area contributed by atoms with Gasteiger partial charge < -0.3 is 6.53 Å². The summed E-state index contributed by atoms with van der Waals surface area (Å²) in [6.07, 6.45) is 3.19. The van der Waals surface area contributed by atoms with Crippen molar-refractivity contribution in [2.75, 3.05) is 0 Å². The van der Waals surface area contributed by atoms with Gasteiger partial charge in [0.25, 0.3) is 0 Å². The predicted octanol–water partition coefficient (Wildman–Crippen LogP) is -0.980. The van der Waals surface area contributed by atoms with E-state index in [0.717, 1.165) is 21.9 Å². The van der Waals surface area contributed by atoms with Gasteiger partial charge in [-0.15, -0.1) is 11.3 Å². The normalized spacial score (nSPS) is 9.33. The number of pyridine rings is 1. The van der Waals surface area contributed by atoms with Gasteiger partial charge in [0.1, 0.15) is 0 Å². The monoisotopic (exact) mass is 214 g/mol. The minimum absolute atomic E-state index is 0. The maximum Gasteiger partial charge on any atom is 1.00 e. The van der Waals surface area contributed by atoms with Crippen LogP contribution >= 0.6 is 11.3 Å². The molecule has 15 heavy (non-hydrogen) atoms. The Kier molecular flexibility index (Phi) is 4.03. The second-order valence-electron chi connectivity index (χ2n) is 2.55. The number of thiazole rings is 1. The molecule has 2 aromatic rings. The van der Waals surface area contributed by atoms with Gasteiger partial charge in [-0.05, 0) is 12.1 Å². The Hall–Kier alpha value is -1.15. The summed E-state index contributed by atoms with van der Waals surface area (Å²) in [5.41, 5.74) is 0.748. The molecule has 0 atom stereocenters. The van der Waals surface area contributed by atoms with Crippen molar-refractivity contribution in [3.63, 3.8) is 0 Å². The van der Waals surface area contributed by atoms with Crippen molar-refractivity contribution in [3.8, 4) is 10.6 Å². The van der Waals surface area contributed by atoms with Gasteiger partial charge in [0.2, 0.25) is 5.01 Å². The molecule has 2 heterocycles. The molecular formula is C9H7LiN2O2S. The molecule has 0 spiro atoms. The van der Waals surface area contributed by atoms with Gasteiger partial charge in [-0.25, -0.2) is 9.78 Å². The van der Waals surface area contributed by atoms with Crippen LogP contribution in [-0.4, -0.2) is 21.0 Å². The van der Waals surface area contributed by atoms with E-state index in [1.807, 2.05) is 18.2 Å². The van der Waals surface area contributed by atoms with Crippen molar-refractivity contribution in [1.82, 2.24) is 9.97 Å². The van der Waals surface area contributed by atoms with Crippen LogP contribution < -0.4 is 18.9 Å². The minimum atomic E-state index is -1.00. The van der Waals surface area contributed by atoms with Crippen LogP contribution in [0.1, 0.15) is 11.2 Å². The molecule has 0 saturated heterocycles. The number of nitrogens with zero attached hydrogens (tertiary/aromatic N) is 2. The maximum absolute atomic E-state index is 10.6. The topological polar surface area (TPSA) is 63.1 Å². The van der Waals surface area contributed by atoms with Crippen molar-refractivity contribution >= 4 is 17.3 Å². The first kappa shape index (κ1) is 11.9. The van der Waals surface area contributed by atoms with E-state index in [1.54, 1.807) is 6.20 Å². The molecule has 0 bridgehead atoms. The van der Waals surface area contributed by atoms with Crippen molar-refractivity contribution in [2.45, 2.75) is 0 Å². The molecule has 6 heteroatoms. The van der Waals surface area contributed by atoms with E-state index < -0.39 is 5.97 Å². The summed E-state index contributed by atoms with van der Waals surface area (Å²) >= 11 is 1.12. The maximum atomic E-state index is 10.6. The van der Waals surface area contributed by atoms with E-state index in [4.69, 9.17) is 5.11 Å². The van der Waals surface area contributed by atoms with Crippen LogP contribution in [0, 0.1) is 0 Å². The van der Waals surface area contributed by atoms with Crippen LogP contribution in [0.25, 0.3) is 10.6 Å². The minimum Gasteiger partial charge on any atom is -1.00 e. The second kappa shape index (κ2) is 5.08. The van der Waals surface area contributed by atoms with Crippen LogP contribution in [0.4, 0.5) is 0 Å². The molecule has 0 unspecified atom stereocenters. The standard InChI is InChI=1S/C9H6N2O2S.Li.H/c12-9(13)8-11-5-7(14-8)6-3-1-2-4-10-6;;/h1-5H,(H,12,13);;/q;+1;-1. The van der Waals surface area contributed by atoms with Crippen molar-refractivity contribution < 1.29 is 30.2 Å². The van der Waals surface area contributed by atoms with E-state index in [2.05, 4.69) is 9.97 Å². The molecule has 0 amide bonds. The van der Waals surface area contributed by atoms with Gasteiger partial charge in [0, 0.05) is 12.4 Å². The number of hydrogen-bond acceptors (Lipinski definition) is 4. The van der Waals surface area contributed by atoms with Crippen molar-refractivity contribution in [3.05, 3.63) is 35.6 Å². The van der Waals surface area contributed by atoms with Gasteiger partial charge in [0.05, 0.1) is 10.6 Å². The first-order chi connectivity index (χ1) is 6.77. The largest absolute Gasteiger partial charge is 1.00 e. The van der Waals surface area contributed by atoms with Gasteiger partial charge >= 0.3 is 24.8 Å². The number of hydrogen-bond donors (Lipinski definition) is 1. The number of aromatic carboxylic acids is 1. The first-order valence-corrected chi connectivity index (χ1v) is 4.69. The van der Waals surface area contributed by atoms with Crippen molar-refractivity contribution in [1.29, 1.82) is 0 Å².